The van der Waals surface area contributed by atoms with Crippen LogP contribution in [0.1, 0.15) is 28.3 Å². The first-order valence-corrected chi connectivity index (χ1v) is 7.02. The van der Waals surface area contributed by atoms with Crippen LogP contribution in [0, 0.1) is 13.8 Å². The van der Waals surface area contributed by atoms with Crippen LogP contribution in [0.5, 0.6) is 5.75 Å². The molecule has 0 heterocycles. The summed E-state index contributed by atoms with van der Waals surface area (Å²) in [7, 11) is 3.66. The van der Waals surface area contributed by atoms with E-state index < -0.39 is 0 Å². The zero-order valence-electron chi connectivity index (χ0n) is 12.3. The lowest BCUT2D eigenvalue weighted by atomic mass is 9.94. The van der Waals surface area contributed by atoms with Crippen LogP contribution in [0.4, 0.5) is 0 Å². The Balaban J connectivity index is 2.46. The fraction of sp³-hybridized carbons (Fsp3) is 0.294. The smallest absolute Gasteiger partial charge is 0.121 e. The van der Waals surface area contributed by atoms with Crippen LogP contribution in [0.2, 0.25) is 5.02 Å². The fourth-order valence-corrected chi connectivity index (χ4v) is 2.69. The maximum absolute atomic E-state index is 6.14. The zero-order valence-corrected chi connectivity index (χ0v) is 13.1. The van der Waals surface area contributed by atoms with Gasteiger partial charge in [-0.3, -0.25) is 0 Å². The van der Waals surface area contributed by atoms with E-state index in [1.165, 1.54) is 16.7 Å². The van der Waals surface area contributed by atoms with Gasteiger partial charge in [0.05, 0.1) is 13.2 Å². The van der Waals surface area contributed by atoms with E-state index in [4.69, 9.17) is 16.3 Å². The number of benzene rings is 2. The summed E-state index contributed by atoms with van der Waals surface area (Å²) in [6, 6.07) is 12.4. The van der Waals surface area contributed by atoms with Gasteiger partial charge in [-0.05, 0) is 61.3 Å². The second kappa shape index (κ2) is 6.29. The van der Waals surface area contributed by atoms with Crippen LogP contribution in [0.15, 0.2) is 36.4 Å². The van der Waals surface area contributed by atoms with E-state index in [0.717, 1.165) is 16.3 Å². The third-order valence-corrected chi connectivity index (χ3v) is 3.83. The maximum atomic E-state index is 6.14. The number of hydrogen-bond donors (Lipinski definition) is 1. The summed E-state index contributed by atoms with van der Waals surface area (Å²) in [5, 5.41) is 4.13. The van der Waals surface area contributed by atoms with Crippen LogP contribution >= 0.6 is 11.6 Å². The molecule has 1 N–H and O–H groups in total. The molecular formula is C17H20ClNO. The molecule has 2 nitrogen and oxygen atoms in total. The summed E-state index contributed by atoms with van der Waals surface area (Å²) in [6.07, 6.45) is 0. The number of nitrogens with one attached hydrogen (secondary N) is 1. The van der Waals surface area contributed by atoms with Crippen molar-refractivity contribution in [2.24, 2.45) is 0 Å². The molecule has 0 fully saturated rings. The minimum absolute atomic E-state index is 0.123. The molecule has 0 radical (unpaired) electrons. The van der Waals surface area contributed by atoms with E-state index in [1.807, 2.05) is 25.2 Å². The predicted molar refractivity (Wildman–Crippen MR) is 84.8 cm³/mol. The highest BCUT2D eigenvalue weighted by Gasteiger charge is 2.15. The number of ether oxygens (including phenoxy) is 1. The minimum Gasteiger partial charge on any atom is -0.496 e. The molecule has 0 aliphatic heterocycles. The standard InChI is InChI=1S/C17H20ClNO/c1-11-5-7-14(18)10-15(11)17(19-3)13-6-8-16(20-4)12(2)9-13/h5-10,17,19H,1-4H3. The number of hydrogen-bond acceptors (Lipinski definition) is 2. The van der Waals surface area contributed by atoms with Crippen molar-refractivity contribution < 1.29 is 4.74 Å². The summed E-state index contributed by atoms with van der Waals surface area (Å²) in [4.78, 5) is 0. The Labute approximate surface area is 125 Å². The summed E-state index contributed by atoms with van der Waals surface area (Å²) >= 11 is 6.14. The number of methoxy groups -OCH3 is 1. The molecule has 0 bridgehead atoms. The van der Waals surface area contributed by atoms with Crippen molar-refractivity contribution in [3.63, 3.8) is 0 Å². The highest BCUT2D eigenvalue weighted by atomic mass is 35.5. The molecule has 2 aromatic carbocycles. The van der Waals surface area contributed by atoms with Gasteiger partial charge in [0.25, 0.3) is 0 Å². The van der Waals surface area contributed by atoms with Crippen LogP contribution < -0.4 is 10.1 Å². The third-order valence-electron chi connectivity index (χ3n) is 3.59. The van der Waals surface area contributed by atoms with E-state index >= 15 is 0 Å². The second-order valence-electron chi connectivity index (χ2n) is 4.95. The monoisotopic (exact) mass is 289 g/mol. The molecule has 3 heteroatoms. The van der Waals surface area contributed by atoms with Crippen LogP contribution in [0.25, 0.3) is 0 Å². The molecule has 0 amide bonds. The summed E-state index contributed by atoms with van der Waals surface area (Å²) in [6.45, 7) is 4.16. The van der Waals surface area contributed by atoms with Crippen LogP contribution in [-0.4, -0.2) is 14.2 Å². The van der Waals surface area contributed by atoms with Gasteiger partial charge in [0.15, 0.2) is 0 Å². The molecule has 0 saturated carbocycles. The lowest BCUT2D eigenvalue weighted by molar-refractivity contribution is 0.411. The second-order valence-corrected chi connectivity index (χ2v) is 5.39. The highest BCUT2D eigenvalue weighted by molar-refractivity contribution is 6.30. The van der Waals surface area contributed by atoms with Gasteiger partial charge in [-0.1, -0.05) is 29.8 Å². The van der Waals surface area contributed by atoms with Crippen molar-refractivity contribution in [3.05, 3.63) is 63.7 Å². The van der Waals surface area contributed by atoms with E-state index in [2.05, 4.69) is 37.4 Å². The van der Waals surface area contributed by atoms with Gasteiger partial charge in [0, 0.05) is 5.02 Å². The normalized spacial score (nSPS) is 12.2. The molecule has 2 aromatic rings. The molecule has 0 aliphatic carbocycles. The quantitative estimate of drug-likeness (QED) is 0.907. The average molecular weight is 290 g/mol. The Kier molecular flexibility index (Phi) is 4.69. The molecule has 2 rings (SSSR count). The van der Waals surface area contributed by atoms with Crippen molar-refractivity contribution in [2.45, 2.75) is 19.9 Å². The first-order chi connectivity index (χ1) is 9.56. The largest absolute Gasteiger partial charge is 0.496 e. The van der Waals surface area contributed by atoms with Gasteiger partial charge in [0.1, 0.15) is 5.75 Å². The molecule has 106 valence electrons. The summed E-state index contributed by atoms with van der Waals surface area (Å²) < 4.78 is 5.32. The summed E-state index contributed by atoms with van der Waals surface area (Å²) in [5.41, 5.74) is 4.76. The first kappa shape index (κ1) is 14.9. The topological polar surface area (TPSA) is 21.3 Å². The Morgan fingerprint density at radius 1 is 1.05 bits per heavy atom. The maximum Gasteiger partial charge on any atom is 0.121 e. The SMILES string of the molecule is CNC(c1ccc(OC)c(C)c1)c1cc(Cl)ccc1C. The van der Waals surface area contributed by atoms with Crippen molar-refractivity contribution in [3.8, 4) is 5.75 Å². The van der Waals surface area contributed by atoms with Gasteiger partial charge < -0.3 is 10.1 Å². The van der Waals surface area contributed by atoms with E-state index in [-0.39, 0.29) is 6.04 Å². The fourth-order valence-electron chi connectivity index (χ4n) is 2.51. The summed E-state index contributed by atoms with van der Waals surface area (Å²) in [5.74, 6) is 0.909. The Morgan fingerprint density at radius 2 is 1.80 bits per heavy atom. The predicted octanol–water partition coefficient (Wildman–Crippen LogP) is 4.27. The first-order valence-electron chi connectivity index (χ1n) is 6.64. The van der Waals surface area contributed by atoms with Gasteiger partial charge >= 0.3 is 0 Å². The van der Waals surface area contributed by atoms with Crippen molar-refractivity contribution in [1.29, 1.82) is 0 Å². The molecule has 0 aromatic heterocycles. The van der Waals surface area contributed by atoms with Gasteiger partial charge in [0.2, 0.25) is 0 Å². The Bertz CT molecular complexity index is 610. The minimum atomic E-state index is 0.123. The lowest BCUT2D eigenvalue weighted by Gasteiger charge is -2.21. The Morgan fingerprint density at radius 3 is 2.40 bits per heavy atom. The molecule has 20 heavy (non-hydrogen) atoms. The van der Waals surface area contributed by atoms with Crippen LogP contribution in [-0.2, 0) is 0 Å². The average Bonchev–Trinajstić information content (AvgIpc) is 2.44. The molecule has 1 atom stereocenters. The van der Waals surface area contributed by atoms with Crippen molar-refractivity contribution in [1.82, 2.24) is 5.32 Å². The Hall–Kier alpha value is -1.51. The van der Waals surface area contributed by atoms with E-state index in [9.17, 15) is 0 Å². The van der Waals surface area contributed by atoms with E-state index in [1.54, 1.807) is 7.11 Å². The number of rotatable bonds is 4. The van der Waals surface area contributed by atoms with E-state index in [0.29, 0.717) is 0 Å². The van der Waals surface area contributed by atoms with Gasteiger partial charge in [-0.15, -0.1) is 0 Å². The van der Waals surface area contributed by atoms with Gasteiger partial charge in [-0.25, -0.2) is 0 Å². The van der Waals surface area contributed by atoms with Gasteiger partial charge in [-0.2, -0.15) is 0 Å². The molecule has 0 saturated heterocycles. The molecule has 0 spiro atoms. The highest BCUT2D eigenvalue weighted by Crippen LogP contribution is 2.29. The molecule has 1 unspecified atom stereocenters. The van der Waals surface area contributed by atoms with Crippen molar-refractivity contribution in [2.75, 3.05) is 14.2 Å². The zero-order chi connectivity index (χ0) is 14.7. The third kappa shape index (κ3) is 2.97. The molecule has 0 aliphatic rings. The number of aryl methyl sites for hydroxylation is 2. The van der Waals surface area contributed by atoms with Crippen LogP contribution in [0.3, 0.4) is 0 Å². The number of halogens is 1. The molecular weight excluding hydrogens is 270 g/mol. The van der Waals surface area contributed by atoms with Crippen molar-refractivity contribution >= 4 is 11.6 Å². The lowest BCUT2D eigenvalue weighted by Crippen LogP contribution is -2.18.